The molecule has 3 aromatic rings. The van der Waals surface area contributed by atoms with Crippen molar-refractivity contribution in [3.8, 4) is 0 Å². The highest BCUT2D eigenvalue weighted by molar-refractivity contribution is 5.86. The van der Waals surface area contributed by atoms with Crippen LogP contribution in [0.25, 0.3) is 10.9 Å². The smallest absolute Gasteiger partial charge is 0.303 e. The summed E-state index contributed by atoms with van der Waals surface area (Å²) in [6, 6.07) is 10.7. The van der Waals surface area contributed by atoms with Crippen LogP contribution in [0.2, 0.25) is 0 Å². The van der Waals surface area contributed by atoms with E-state index in [-0.39, 0.29) is 12.3 Å². The van der Waals surface area contributed by atoms with Crippen LogP contribution in [0.1, 0.15) is 35.2 Å². The molecule has 4 rings (SSSR count). The van der Waals surface area contributed by atoms with Crippen LogP contribution in [-0.4, -0.2) is 39.1 Å². The number of likely N-dealkylation sites (N-methyl/N-ethyl adjacent to an activating group) is 1. The topological polar surface area (TPSA) is 58.4 Å². The third kappa shape index (κ3) is 4.35. The lowest BCUT2D eigenvalue weighted by Gasteiger charge is -2.25. The molecule has 0 spiro atoms. The zero-order valence-corrected chi connectivity index (χ0v) is 17.3. The Bertz CT molecular complexity index is 1010. The van der Waals surface area contributed by atoms with Crippen LogP contribution in [-0.2, 0) is 30.7 Å². The maximum absolute atomic E-state index is 11.6. The number of aliphatic carboxylic acids is 1. The number of aromatic nitrogens is 2. The van der Waals surface area contributed by atoms with Gasteiger partial charge in [0.15, 0.2) is 0 Å². The summed E-state index contributed by atoms with van der Waals surface area (Å²) in [6.45, 7) is 4.90. The van der Waals surface area contributed by atoms with E-state index in [1.54, 1.807) is 12.4 Å². The number of nitrogens with zero attached hydrogens (tertiary/aromatic N) is 3. The Labute approximate surface area is 172 Å². The average molecular weight is 392 g/mol. The maximum Gasteiger partial charge on any atom is 0.303 e. The SMILES string of the molecule is Cc1ccc2c(c1)c1c(n2CC(CCc2ccncc2)CC(=O)O)CCN(C)C1. The van der Waals surface area contributed by atoms with Crippen molar-refractivity contribution in [2.24, 2.45) is 5.92 Å². The minimum Gasteiger partial charge on any atom is -0.481 e. The molecule has 1 aliphatic rings. The van der Waals surface area contributed by atoms with Gasteiger partial charge in [0.05, 0.1) is 0 Å². The lowest BCUT2D eigenvalue weighted by molar-refractivity contribution is -0.138. The Hall–Kier alpha value is -2.66. The monoisotopic (exact) mass is 391 g/mol. The fourth-order valence-electron chi connectivity index (χ4n) is 4.59. The molecule has 1 aromatic carbocycles. The molecule has 0 saturated heterocycles. The summed E-state index contributed by atoms with van der Waals surface area (Å²) in [5.41, 5.74) is 6.54. The number of carboxylic acid groups (broad SMARTS) is 1. The van der Waals surface area contributed by atoms with Gasteiger partial charge in [-0.2, -0.15) is 0 Å². The molecule has 0 amide bonds. The Morgan fingerprint density at radius 2 is 2.03 bits per heavy atom. The van der Waals surface area contributed by atoms with Crippen molar-refractivity contribution in [3.05, 3.63) is 65.1 Å². The summed E-state index contributed by atoms with van der Waals surface area (Å²) in [6.07, 6.45) is 6.56. The number of rotatable bonds is 7. The van der Waals surface area contributed by atoms with E-state index in [0.29, 0.717) is 0 Å². The van der Waals surface area contributed by atoms with Crippen LogP contribution in [0, 0.1) is 12.8 Å². The van der Waals surface area contributed by atoms with Crippen molar-refractivity contribution < 1.29 is 9.90 Å². The molecule has 152 valence electrons. The first kappa shape index (κ1) is 19.6. The minimum atomic E-state index is -0.717. The molecule has 0 radical (unpaired) electrons. The number of hydrogen-bond donors (Lipinski definition) is 1. The lowest BCUT2D eigenvalue weighted by Crippen LogP contribution is -2.28. The predicted molar refractivity (Wildman–Crippen MR) is 115 cm³/mol. The summed E-state index contributed by atoms with van der Waals surface area (Å²) >= 11 is 0. The number of pyridine rings is 1. The van der Waals surface area contributed by atoms with E-state index in [2.05, 4.69) is 46.6 Å². The van der Waals surface area contributed by atoms with Crippen LogP contribution in [0.3, 0.4) is 0 Å². The second kappa shape index (κ2) is 8.37. The normalized spacial score (nSPS) is 15.4. The summed E-state index contributed by atoms with van der Waals surface area (Å²) < 4.78 is 2.41. The van der Waals surface area contributed by atoms with Crippen LogP contribution in [0.5, 0.6) is 0 Å². The zero-order chi connectivity index (χ0) is 20.4. The van der Waals surface area contributed by atoms with Gasteiger partial charge in [-0.05, 0) is 68.1 Å². The number of aryl methyl sites for hydroxylation is 2. The van der Waals surface area contributed by atoms with Crippen molar-refractivity contribution >= 4 is 16.9 Å². The molecule has 0 saturated carbocycles. The Balaban J connectivity index is 1.65. The number of benzene rings is 1. The first-order valence-electron chi connectivity index (χ1n) is 10.4. The van der Waals surface area contributed by atoms with Gasteiger partial charge in [0.25, 0.3) is 0 Å². The standard InChI is InChI=1S/C24H29N3O2/c1-17-3-6-22-20(13-17)21-16-26(2)12-9-23(21)27(22)15-19(14-24(28)29)5-4-18-7-10-25-11-8-18/h3,6-8,10-11,13,19H,4-5,9,12,14-16H2,1-2H3,(H,28,29). The van der Waals surface area contributed by atoms with Crippen LogP contribution < -0.4 is 0 Å². The van der Waals surface area contributed by atoms with E-state index in [4.69, 9.17) is 0 Å². The number of carbonyl (C=O) groups is 1. The molecule has 3 heterocycles. The number of hydrogen-bond acceptors (Lipinski definition) is 3. The molecule has 0 aliphatic carbocycles. The molecule has 1 atom stereocenters. The molecule has 5 heteroatoms. The van der Waals surface area contributed by atoms with E-state index < -0.39 is 5.97 Å². The van der Waals surface area contributed by atoms with Crippen LogP contribution in [0.4, 0.5) is 0 Å². The average Bonchev–Trinajstić information content (AvgIpc) is 2.99. The third-order valence-electron chi connectivity index (χ3n) is 6.10. The van der Waals surface area contributed by atoms with Gasteiger partial charge < -0.3 is 14.6 Å². The van der Waals surface area contributed by atoms with Crippen molar-refractivity contribution in [1.82, 2.24) is 14.5 Å². The number of fused-ring (bicyclic) bond motifs is 3. The van der Waals surface area contributed by atoms with E-state index in [1.165, 1.54) is 33.3 Å². The van der Waals surface area contributed by atoms with Gasteiger partial charge in [-0.25, -0.2) is 0 Å². The quantitative estimate of drug-likeness (QED) is 0.660. The second-order valence-corrected chi connectivity index (χ2v) is 8.40. The highest BCUT2D eigenvalue weighted by atomic mass is 16.4. The Morgan fingerprint density at radius 1 is 1.24 bits per heavy atom. The highest BCUT2D eigenvalue weighted by Crippen LogP contribution is 2.33. The van der Waals surface area contributed by atoms with E-state index in [1.807, 2.05) is 12.1 Å². The fourth-order valence-corrected chi connectivity index (χ4v) is 4.59. The van der Waals surface area contributed by atoms with E-state index >= 15 is 0 Å². The summed E-state index contributed by atoms with van der Waals surface area (Å²) in [7, 11) is 2.17. The van der Waals surface area contributed by atoms with Gasteiger partial charge in [-0.15, -0.1) is 0 Å². The van der Waals surface area contributed by atoms with Crippen molar-refractivity contribution in [2.75, 3.05) is 13.6 Å². The molecular formula is C24H29N3O2. The zero-order valence-electron chi connectivity index (χ0n) is 17.3. The van der Waals surface area contributed by atoms with Gasteiger partial charge in [0.2, 0.25) is 0 Å². The summed E-state index contributed by atoms with van der Waals surface area (Å²) in [4.78, 5) is 18.0. The first-order valence-corrected chi connectivity index (χ1v) is 10.4. The Morgan fingerprint density at radius 3 is 2.79 bits per heavy atom. The maximum atomic E-state index is 11.6. The minimum absolute atomic E-state index is 0.0984. The van der Waals surface area contributed by atoms with Crippen molar-refractivity contribution in [3.63, 3.8) is 0 Å². The van der Waals surface area contributed by atoms with Crippen LogP contribution >= 0.6 is 0 Å². The largest absolute Gasteiger partial charge is 0.481 e. The number of carboxylic acids is 1. The molecule has 1 aliphatic heterocycles. The molecule has 0 fully saturated rings. The Kier molecular flexibility index (Phi) is 5.67. The first-order chi connectivity index (χ1) is 14.0. The molecule has 5 nitrogen and oxygen atoms in total. The predicted octanol–water partition coefficient (Wildman–Crippen LogP) is 4.06. The van der Waals surface area contributed by atoms with Gasteiger partial charge in [0.1, 0.15) is 0 Å². The molecule has 0 bridgehead atoms. The molecule has 1 N–H and O–H groups in total. The molecular weight excluding hydrogens is 362 g/mol. The van der Waals surface area contributed by atoms with Crippen molar-refractivity contribution in [2.45, 2.75) is 45.7 Å². The second-order valence-electron chi connectivity index (χ2n) is 8.40. The lowest BCUT2D eigenvalue weighted by atomic mass is 9.96. The molecule has 29 heavy (non-hydrogen) atoms. The summed E-state index contributed by atoms with van der Waals surface area (Å²) in [5, 5.41) is 10.8. The van der Waals surface area contributed by atoms with Gasteiger partial charge in [-0.3, -0.25) is 9.78 Å². The van der Waals surface area contributed by atoms with Crippen molar-refractivity contribution in [1.29, 1.82) is 0 Å². The van der Waals surface area contributed by atoms with Gasteiger partial charge >= 0.3 is 5.97 Å². The van der Waals surface area contributed by atoms with E-state index in [0.717, 1.165) is 38.9 Å². The van der Waals surface area contributed by atoms with Crippen LogP contribution in [0.15, 0.2) is 42.7 Å². The van der Waals surface area contributed by atoms with Gasteiger partial charge in [-0.1, -0.05) is 11.6 Å². The summed E-state index contributed by atoms with van der Waals surface area (Å²) in [5.74, 6) is -0.619. The van der Waals surface area contributed by atoms with E-state index in [9.17, 15) is 9.90 Å². The highest BCUT2D eigenvalue weighted by Gasteiger charge is 2.24. The van der Waals surface area contributed by atoms with Gasteiger partial charge in [0, 0.05) is 61.5 Å². The fraction of sp³-hybridized carbons (Fsp3) is 0.417. The molecule has 1 unspecified atom stereocenters. The molecule has 2 aromatic heterocycles. The third-order valence-corrected chi connectivity index (χ3v) is 6.10.